The van der Waals surface area contributed by atoms with Gasteiger partial charge in [-0.2, -0.15) is 0 Å². The average molecular weight is 380 g/mol. The molecule has 0 amide bonds. The highest BCUT2D eigenvalue weighted by molar-refractivity contribution is 6.44. The largest absolute Gasteiger partial charge is 0.394 e. The van der Waals surface area contributed by atoms with Crippen molar-refractivity contribution in [1.82, 2.24) is 9.55 Å². The number of ether oxygens (including phenoxy) is 1. The molecule has 12 heteroatoms. The van der Waals surface area contributed by atoms with Gasteiger partial charge in [0.05, 0.1) is 22.1 Å². The van der Waals surface area contributed by atoms with Crippen LogP contribution in [0.3, 0.4) is 0 Å². The van der Waals surface area contributed by atoms with Crippen molar-refractivity contribution >= 4 is 39.9 Å². The molecule has 0 aliphatic carbocycles. The van der Waals surface area contributed by atoms with Crippen LogP contribution in [-0.2, 0) is 4.74 Å². The van der Waals surface area contributed by atoms with Crippen molar-refractivity contribution in [2.24, 2.45) is 0 Å². The van der Waals surface area contributed by atoms with Crippen LogP contribution < -0.4 is 5.69 Å². The van der Waals surface area contributed by atoms with Crippen LogP contribution in [0.25, 0.3) is 11.0 Å². The third-order valence-electron chi connectivity index (χ3n) is 3.84. The standard InChI is InChI=1S/C12H11Cl2N3O7/c13-3-1-4-7(8(6(3)14)17(22)23)15-12(21)16(4)11-10(20)9(19)5(2-18)24-11/h1,5,9-11,18-20H,2H2,(H,15,21)/t5-,9-,10-,11-/m1/s1. The summed E-state index contributed by atoms with van der Waals surface area (Å²) in [5.41, 5.74) is -1.66. The number of nitrogens with one attached hydrogen (secondary N) is 1. The number of nitro groups is 1. The third kappa shape index (κ3) is 2.39. The first-order chi connectivity index (χ1) is 11.3. The van der Waals surface area contributed by atoms with E-state index in [9.17, 15) is 25.1 Å². The van der Waals surface area contributed by atoms with Crippen LogP contribution in [0.2, 0.25) is 10.0 Å². The zero-order valence-corrected chi connectivity index (χ0v) is 13.2. The molecule has 130 valence electrons. The minimum atomic E-state index is -1.53. The topological polar surface area (TPSA) is 151 Å². The quantitative estimate of drug-likeness (QED) is 0.437. The Labute approximate surface area is 142 Å². The Morgan fingerprint density at radius 1 is 1.38 bits per heavy atom. The Kier molecular flexibility index (Phi) is 4.28. The van der Waals surface area contributed by atoms with Gasteiger partial charge in [0.15, 0.2) is 6.23 Å². The maximum Gasteiger partial charge on any atom is 0.328 e. The number of H-pyrrole nitrogens is 1. The van der Waals surface area contributed by atoms with Crippen molar-refractivity contribution in [3.63, 3.8) is 0 Å². The smallest absolute Gasteiger partial charge is 0.328 e. The van der Waals surface area contributed by atoms with E-state index in [1.165, 1.54) is 6.07 Å². The van der Waals surface area contributed by atoms with Crippen LogP contribution in [0, 0.1) is 10.1 Å². The first-order valence-corrected chi connectivity index (χ1v) is 7.42. The summed E-state index contributed by atoms with van der Waals surface area (Å²) in [5, 5.41) is 39.7. The second-order valence-corrected chi connectivity index (χ2v) is 5.99. The van der Waals surface area contributed by atoms with E-state index in [2.05, 4.69) is 4.98 Å². The molecule has 3 rings (SSSR count). The van der Waals surface area contributed by atoms with Crippen molar-refractivity contribution in [1.29, 1.82) is 0 Å². The maximum atomic E-state index is 12.2. The molecule has 1 aromatic heterocycles. The first kappa shape index (κ1) is 17.1. The molecular weight excluding hydrogens is 369 g/mol. The molecule has 1 fully saturated rings. The Morgan fingerprint density at radius 2 is 2.04 bits per heavy atom. The second kappa shape index (κ2) is 5.99. The van der Waals surface area contributed by atoms with Gasteiger partial charge in [-0.1, -0.05) is 23.2 Å². The Bertz CT molecular complexity index is 880. The van der Waals surface area contributed by atoms with E-state index >= 15 is 0 Å². The van der Waals surface area contributed by atoms with Gasteiger partial charge in [-0.15, -0.1) is 0 Å². The summed E-state index contributed by atoms with van der Waals surface area (Å²) in [7, 11) is 0. The lowest BCUT2D eigenvalue weighted by Gasteiger charge is -2.16. The highest BCUT2D eigenvalue weighted by Gasteiger charge is 2.45. The minimum Gasteiger partial charge on any atom is -0.394 e. The van der Waals surface area contributed by atoms with Gasteiger partial charge < -0.3 is 20.1 Å². The van der Waals surface area contributed by atoms with Crippen LogP contribution in [0.4, 0.5) is 5.69 Å². The molecule has 0 radical (unpaired) electrons. The molecule has 4 N–H and O–H groups in total. The Hall–Kier alpha value is -1.69. The van der Waals surface area contributed by atoms with E-state index in [0.717, 1.165) is 4.57 Å². The monoisotopic (exact) mass is 379 g/mol. The van der Waals surface area contributed by atoms with Gasteiger partial charge in [0, 0.05) is 0 Å². The summed E-state index contributed by atoms with van der Waals surface area (Å²) in [6.45, 7) is -0.585. The highest BCUT2D eigenvalue weighted by atomic mass is 35.5. The molecule has 1 aliphatic heterocycles. The van der Waals surface area contributed by atoms with E-state index in [-0.39, 0.29) is 21.1 Å². The average Bonchev–Trinajstić information content (AvgIpc) is 2.97. The number of imidazole rings is 1. The molecule has 0 saturated carbocycles. The van der Waals surface area contributed by atoms with Gasteiger partial charge in [-0.05, 0) is 6.07 Å². The van der Waals surface area contributed by atoms with Crippen LogP contribution in [0.5, 0.6) is 0 Å². The number of aliphatic hydroxyl groups excluding tert-OH is 3. The highest BCUT2D eigenvalue weighted by Crippen LogP contribution is 2.39. The van der Waals surface area contributed by atoms with E-state index < -0.39 is 47.4 Å². The zero-order valence-electron chi connectivity index (χ0n) is 11.7. The predicted molar refractivity (Wildman–Crippen MR) is 82.2 cm³/mol. The number of halogens is 2. The molecular formula is C12H11Cl2N3O7. The number of hydrogen-bond donors (Lipinski definition) is 4. The van der Waals surface area contributed by atoms with Crippen LogP contribution in [0.15, 0.2) is 10.9 Å². The fourth-order valence-corrected chi connectivity index (χ4v) is 3.12. The normalized spacial score (nSPS) is 27.0. The number of fused-ring (bicyclic) bond motifs is 1. The molecule has 1 aromatic carbocycles. The van der Waals surface area contributed by atoms with E-state index in [0.29, 0.717) is 0 Å². The zero-order chi connectivity index (χ0) is 17.8. The fraction of sp³-hybridized carbons (Fsp3) is 0.417. The van der Waals surface area contributed by atoms with Crippen LogP contribution in [-0.4, -0.2) is 54.7 Å². The van der Waals surface area contributed by atoms with Gasteiger partial charge >= 0.3 is 11.4 Å². The summed E-state index contributed by atoms with van der Waals surface area (Å²) >= 11 is 11.7. The molecule has 24 heavy (non-hydrogen) atoms. The molecule has 0 bridgehead atoms. The molecule has 0 spiro atoms. The Balaban J connectivity index is 2.26. The third-order valence-corrected chi connectivity index (χ3v) is 4.62. The van der Waals surface area contributed by atoms with Gasteiger partial charge in [-0.25, -0.2) is 4.79 Å². The van der Waals surface area contributed by atoms with Crippen LogP contribution >= 0.6 is 23.2 Å². The van der Waals surface area contributed by atoms with Crippen LogP contribution in [0.1, 0.15) is 6.23 Å². The molecule has 10 nitrogen and oxygen atoms in total. The number of aliphatic hydroxyl groups is 3. The van der Waals surface area contributed by atoms with Gasteiger partial charge in [-0.3, -0.25) is 19.7 Å². The fourth-order valence-electron chi connectivity index (χ4n) is 2.71. The number of hydrogen-bond acceptors (Lipinski definition) is 7. The lowest BCUT2D eigenvalue weighted by Crippen LogP contribution is -2.34. The lowest BCUT2D eigenvalue weighted by atomic mass is 10.1. The number of nitrogens with zero attached hydrogens (tertiary/aromatic N) is 2. The number of nitro benzene ring substituents is 1. The molecule has 4 atom stereocenters. The molecule has 2 aromatic rings. The SMILES string of the molecule is O=c1[nH]c2c([N+](=O)[O-])c(Cl)c(Cl)cc2n1[C@@H]1O[C@H](CO)[C@@H](O)[C@H]1O. The second-order valence-electron chi connectivity index (χ2n) is 5.20. The van der Waals surface area contributed by atoms with Gasteiger partial charge in [0.25, 0.3) is 0 Å². The predicted octanol–water partition coefficient (Wildman–Crippen LogP) is 0.156. The number of aromatic amines is 1. The summed E-state index contributed by atoms with van der Waals surface area (Å²) in [4.78, 5) is 24.9. The van der Waals surface area contributed by atoms with Gasteiger partial charge in [0.1, 0.15) is 28.9 Å². The Morgan fingerprint density at radius 3 is 2.58 bits per heavy atom. The minimum absolute atomic E-state index is 0.0315. The number of aromatic nitrogens is 2. The number of benzene rings is 1. The summed E-state index contributed by atoms with van der Waals surface area (Å²) in [6, 6.07) is 1.21. The van der Waals surface area contributed by atoms with Crippen molar-refractivity contribution in [3.05, 3.63) is 36.7 Å². The first-order valence-electron chi connectivity index (χ1n) is 6.67. The van der Waals surface area contributed by atoms with Crippen molar-refractivity contribution in [3.8, 4) is 0 Å². The molecule has 1 saturated heterocycles. The maximum absolute atomic E-state index is 12.2. The van der Waals surface area contributed by atoms with Gasteiger partial charge in [0.2, 0.25) is 0 Å². The van der Waals surface area contributed by atoms with E-state index in [1.54, 1.807) is 0 Å². The molecule has 1 aliphatic rings. The number of rotatable bonds is 3. The van der Waals surface area contributed by atoms with Crippen molar-refractivity contribution < 1.29 is 25.0 Å². The summed E-state index contributed by atoms with van der Waals surface area (Å²) < 4.78 is 6.17. The summed E-state index contributed by atoms with van der Waals surface area (Å²) in [5.74, 6) is 0. The molecule has 2 heterocycles. The van der Waals surface area contributed by atoms with Crippen molar-refractivity contribution in [2.75, 3.05) is 6.61 Å². The lowest BCUT2D eigenvalue weighted by molar-refractivity contribution is -0.383. The summed E-state index contributed by atoms with van der Waals surface area (Å²) in [6.07, 6.45) is -5.45. The molecule has 0 unspecified atom stereocenters. The van der Waals surface area contributed by atoms with E-state index in [4.69, 9.17) is 33.0 Å². The van der Waals surface area contributed by atoms with Crippen molar-refractivity contribution in [2.45, 2.75) is 24.5 Å². The van der Waals surface area contributed by atoms with E-state index in [1.807, 2.05) is 0 Å².